The molecule has 2 aromatic heterocycles. The number of benzene rings is 2. The number of aryl methyl sites for hydroxylation is 1. The highest BCUT2D eigenvalue weighted by atomic mass is 16.5. The Labute approximate surface area is 241 Å². The number of ether oxygens (including phenoxy) is 1. The van der Waals surface area contributed by atoms with Crippen LogP contribution < -0.4 is 10.1 Å². The van der Waals surface area contributed by atoms with Crippen LogP contribution in [-0.4, -0.2) is 58.1 Å². The van der Waals surface area contributed by atoms with Gasteiger partial charge in [-0.05, 0) is 94.0 Å². The standard InChI is InChI=1S/C33H37N5O3/c1-6-37(7-2)18-8-9-31(39)32-21(3)29(35-22(32)4)20-27-26-19-23(10-15-28(26)36-33(27)40)30-16-17-34-38(30)24-11-13-25(41-5)14-12-24/h10-17,19-20,35H,6-9,18H2,1-5H3,(H,36,40)/b27-20-. The minimum Gasteiger partial charge on any atom is -0.497 e. The van der Waals surface area contributed by atoms with Crippen molar-refractivity contribution in [3.8, 4) is 22.7 Å². The average molecular weight is 552 g/mol. The molecule has 0 unspecified atom stereocenters. The molecule has 0 spiro atoms. The van der Waals surface area contributed by atoms with Crippen LogP contribution in [0.5, 0.6) is 5.75 Å². The number of fused-ring (bicyclic) bond motifs is 1. The third kappa shape index (κ3) is 5.60. The van der Waals surface area contributed by atoms with Crippen molar-refractivity contribution in [2.24, 2.45) is 0 Å². The van der Waals surface area contributed by atoms with Crippen LogP contribution in [0.3, 0.4) is 0 Å². The molecule has 212 valence electrons. The van der Waals surface area contributed by atoms with E-state index in [2.05, 4.69) is 34.1 Å². The molecule has 5 rings (SSSR count). The highest BCUT2D eigenvalue weighted by Gasteiger charge is 2.26. The molecule has 0 saturated carbocycles. The molecule has 0 aliphatic carbocycles. The number of nitrogens with zero attached hydrogens (tertiary/aromatic N) is 3. The smallest absolute Gasteiger partial charge is 0.256 e. The summed E-state index contributed by atoms with van der Waals surface area (Å²) in [6.45, 7) is 11.0. The lowest BCUT2D eigenvalue weighted by Gasteiger charge is -2.17. The Morgan fingerprint density at radius 3 is 2.54 bits per heavy atom. The van der Waals surface area contributed by atoms with Crippen LogP contribution in [0.1, 0.15) is 59.6 Å². The number of carbonyl (C=O) groups is 2. The lowest BCUT2D eigenvalue weighted by atomic mass is 9.99. The van der Waals surface area contributed by atoms with E-state index < -0.39 is 0 Å². The molecule has 0 saturated heterocycles. The number of anilines is 1. The van der Waals surface area contributed by atoms with Crippen LogP contribution >= 0.6 is 0 Å². The second kappa shape index (κ2) is 12.0. The van der Waals surface area contributed by atoms with Crippen LogP contribution in [-0.2, 0) is 4.79 Å². The van der Waals surface area contributed by atoms with Crippen molar-refractivity contribution >= 4 is 29.0 Å². The van der Waals surface area contributed by atoms with Crippen molar-refractivity contribution in [3.63, 3.8) is 0 Å². The number of methoxy groups -OCH3 is 1. The van der Waals surface area contributed by atoms with Gasteiger partial charge >= 0.3 is 0 Å². The fraction of sp³-hybridized carbons (Fsp3) is 0.303. The molecule has 1 aliphatic heterocycles. The van der Waals surface area contributed by atoms with E-state index in [1.165, 1.54) is 0 Å². The topological polar surface area (TPSA) is 92.3 Å². The summed E-state index contributed by atoms with van der Waals surface area (Å²) in [5.41, 5.74) is 8.08. The van der Waals surface area contributed by atoms with Gasteiger partial charge in [0.05, 0.1) is 30.3 Å². The number of hydrogen-bond acceptors (Lipinski definition) is 5. The predicted molar refractivity (Wildman–Crippen MR) is 164 cm³/mol. The molecule has 41 heavy (non-hydrogen) atoms. The van der Waals surface area contributed by atoms with E-state index in [1.54, 1.807) is 13.3 Å². The van der Waals surface area contributed by atoms with Crippen LogP contribution in [0, 0.1) is 13.8 Å². The number of nitrogens with one attached hydrogen (secondary N) is 2. The van der Waals surface area contributed by atoms with Crippen molar-refractivity contribution in [2.75, 3.05) is 32.1 Å². The molecule has 0 fully saturated rings. The normalized spacial score (nSPS) is 13.6. The summed E-state index contributed by atoms with van der Waals surface area (Å²) in [6, 6.07) is 15.6. The molecule has 0 bridgehead atoms. The molecule has 1 aliphatic rings. The highest BCUT2D eigenvalue weighted by Crippen LogP contribution is 2.37. The number of H-pyrrole nitrogens is 1. The molecular weight excluding hydrogens is 514 g/mol. The van der Waals surface area contributed by atoms with E-state index in [0.29, 0.717) is 12.0 Å². The summed E-state index contributed by atoms with van der Waals surface area (Å²) >= 11 is 0. The molecule has 2 aromatic carbocycles. The SMILES string of the molecule is CCN(CC)CCCC(=O)c1c(C)[nH]c(/C=C2\C(=O)Nc3ccc(-c4ccnn4-c4ccc(OC)cc4)cc32)c1C. The van der Waals surface area contributed by atoms with Gasteiger partial charge in [-0.25, -0.2) is 4.68 Å². The summed E-state index contributed by atoms with van der Waals surface area (Å²) in [7, 11) is 1.64. The maximum Gasteiger partial charge on any atom is 0.256 e. The first-order valence-electron chi connectivity index (χ1n) is 14.2. The molecule has 1 amide bonds. The van der Waals surface area contributed by atoms with E-state index in [-0.39, 0.29) is 11.7 Å². The predicted octanol–water partition coefficient (Wildman–Crippen LogP) is 6.29. The number of aromatic nitrogens is 3. The third-order valence-electron chi connectivity index (χ3n) is 7.87. The fourth-order valence-electron chi connectivity index (χ4n) is 5.55. The highest BCUT2D eigenvalue weighted by molar-refractivity contribution is 6.35. The minimum atomic E-state index is -0.167. The number of hydrogen-bond donors (Lipinski definition) is 2. The first-order chi connectivity index (χ1) is 19.8. The quantitative estimate of drug-likeness (QED) is 0.169. The van der Waals surface area contributed by atoms with Crippen molar-refractivity contribution in [2.45, 2.75) is 40.5 Å². The van der Waals surface area contributed by atoms with Crippen LogP contribution in [0.4, 0.5) is 5.69 Å². The molecular formula is C33H37N5O3. The minimum absolute atomic E-state index is 0.137. The monoisotopic (exact) mass is 551 g/mol. The van der Waals surface area contributed by atoms with Crippen LogP contribution in [0.2, 0.25) is 0 Å². The van der Waals surface area contributed by atoms with Crippen molar-refractivity contribution in [3.05, 3.63) is 82.8 Å². The van der Waals surface area contributed by atoms with E-state index in [4.69, 9.17) is 4.74 Å². The van der Waals surface area contributed by atoms with Gasteiger partial charge in [0, 0.05) is 40.2 Å². The number of Topliss-reactive ketones (excluding diaryl/α,β-unsaturated/α-hetero) is 1. The maximum atomic E-state index is 13.2. The van der Waals surface area contributed by atoms with E-state index in [0.717, 1.165) is 82.5 Å². The van der Waals surface area contributed by atoms with Gasteiger partial charge in [0.1, 0.15) is 5.75 Å². The lowest BCUT2D eigenvalue weighted by Crippen LogP contribution is -2.24. The fourth-order valence-corrected chi connectivity index (χ4v) is 5.55. The van der Waals surface area contributed by atoms with Gasteiger partial charge in [-0.15, -0.1) is 0 Å². The Morgan fingerprint density at radius 2 is 1.83 bits per heavy atom. The Balaban J connectivity index is 1.44. The van der Waals surface area contributed by atoms with Gasteiger partial charge in [0.2, 0.25) is 0 Å². The average Bonchev–Trinajstić information content (AvgIpc) is 3.66. The Hall–Kier alpha value is -4.43. The van der Waals surface area contributed by atoms with Crippen LogP contribution in [0.25, 0.3) is 28.6 Å². The Morgan fingerprint density at radius 1 is 1.07 bits per heavy atom. The first kappa shape index (κ1) is 28.1. The summed E-state index contributed by atoms with van der Waals surface area (Å²) in [4.78, 5) is 31.9. The molecule has 0 atom stereocenters. The second-order valence-corrected chi connectivity index (χ2v) is 10.3. The van der Waals surface area contributed by atoms with Crippen molar-refractivity contribution in [1.29, 1.82) is 0 Å². The van der Waals surface area contributed by atoms with Gasteiger partial charge in [-0.3, -0.25) is 9.59 Å². The number of carbonyl (C=O) groups excluding carboxylic acids is 2. The number of ketones is 1. The zero-order valence-electron chi connectivity index (χ0n) is 24.4. The zero-order valence-corrected chi connectivity index (χ0v) is 24.4. The van der Waals surface area contributed by atoms with Gasteiger partial charge in [0.25, 0.3) is 5.91 Å². The molecule has 2 N–H and O–H groups in total. The van der Waals surface area contributed by atoms with Gasteiger partial charge < -0.3 is 19.9 Å². The van der Waals surface area contributed by atoms with Gasteiger partial charge in [-0.1, -0.05) is 19.9 Å². The Bertz CT molecular complexity index is 1610. The molecule has 0 radical (unpaired) electrons. The van der Waals surface area contributed by atoms with E-state index in [9.17, 15) is 9.59 Å². The second-order valence-electron chi connectivity index (χ2n) is 10.3. The summed E-state index contributed by atoms with van der Waals surface area (Å²) in [5, 5.41) is 7.52. The van der Waals surface area contributed by atoms with E-state index >= 15 is 0 Å². The number of amides is 1. The third-order valence-corrected chi connectivity index (χ3v) is 7.87. The van der Waals surface area contributed by atoms with Crippen LogP contribution in [0.15, 0.2) is 54.7 Å². The van der Waals surface area contributed by atoms with Gasteiger partial charge in [-0.2, -0.15) is 5.10 Å². The molecule has 3 heterocycles. The molecule has 4 aromatic rings. The number of rotatable bonds is 11. The lowest BCUT2D eigenvalue weighted by molar-refractivity contribution is -0.110. The van der Waals surface area contributed by atoms with E-state index in [1.807, 2.05) is 73.1 Å². The summed E-state index contributed by atoms with van der Waals surface area (Å²) < 4.78 is 7.16. The molecule has 8 heteroatoms. The summed E-state index contributed by atoms with van der Waals surface area (Å²) in [6.07, 6.45) is 4.95. The summed E-state index contributed by atoms with van der Waals surface area (Å²) in [5.74, 6) is 0.747. The largest absolute Gasteiger partial charge is 0.497 e. The first-order valence-corrected chi connectivity index (χ1v) is 14.2. The van der Waals surface area contributed by atoms with Crippen molar-refractivity contribution < 1.29 is 14.3 Å². The zero-order chi connectivity index (χ0) is 29.1. The maximum absolute atomic E-state index is 13.2. The molecule has 8 nitrogen and oxygen atoms in total. The van der Waals surface area contributed by atoms with Crippen molar-refractivity contribution in [1.82, 2.24) is 19.7 Å². The Kier molecular flexibility index (Phi) is 8.21. The van der Waals surface area contributed by atoms with Gasteiger partial charge in [0.15, 0.2) is 5.78 Å². The number of aromatic amines is 1.